The number of benzene rings is 1. The smallest absolute Gasteiger partial charge is 0.287 e. The number of aliphatic hydroxyl groups excluding tert-OH is 2. The van der Waals surface area contributed by atoms with Crippen molar-refractivity contribution in [1.29, 1.82) is 0 Å². The third-order valence-electron chi connectivity index (χ3n) is 8.29. The van der Waals surface area contributed by atoms with Crippen LogP contribution >= 0.6 is 0 Å². The van der Waals surface area contributed by atoms with Gasteiger partial charge in [-0.05, 0) is 62.7 Å². The highest BCUT2D eigenvalue weighted by Gasteiger charge is 2.64. The number of primary amides is 1. The summed E-state index contributed by atoms with van der Waals surface area (Å²) in [6.07, 6.45) is 0.0283. The number of nitrogens with zero attached hydrogens (tertiary/aromatic N) is 1. The number of furan rings is 1. The molecule has 5 rings (SSSR count). The lowest BCUT2D eigenvalue weighted by Crippen LogP contribution is -2.65. The van der Waals surface area contributed by atoms with Crippen LogP contribution in [0.2, 0.25) is 0 Å². The van der Waals surface area contributed by atoms with Gasteiger partial charge in [0, 0.05) is 30.7 Å². The molecule has 0 radical (unpaired) electrons. The van der Waals surface area contributed by atoms with Gasteiger partial charge in [-0.15, -0.1) is 0 Å². The Morgan fingerprint density at radius 1 is 1.16 bits per heavy atom. The average molecular weight is 598 g/mol. The molecule has 0 aliphatic heterocycles. The Kier molecular flexibility index (Phi) is 8.29. The first-order valence-corrected chi connectivity index (χ1v) is 13.2. The molecule has 43 heavy (non-hydrogen) atoms. The van der Waals surface area contributed by atoms with Crippen LogP contribution in [-0.2, 0) is 25.5 Å². The number of aromatic hydroxyl groups is 1. The number of rotatable bonds is 7. The fraction of sp³-hybridized carbons (Fsp3) is 0.400. The number of nitrogens with one attached hydrogen (secondary N) is 1. The van der Waals surface area contributed by atoms with Crippen LogP contribution in [0.4, 0.5) is 0 Å². The number of methoxy groups -OCH3 is 1. The molecule has 0 unspecified atom stereocenters. The number of ether oxygens (including phenoxy) is 1. The summed E-state index contributed by atoms with van der Waals surface area (Å²) in [4.78, 5) is 53.2. The number of likely N-dealkylation sites (N-methyl/N-ethyl adjacent to an activating group) is 1. The fourth-order valence-electron chi connectivity index (χ4n) is 6.43. The molecule has 1 aromatic carbocycles. The van der Waals surface area contributed by atoms with Crippen LogP contribution < -0.4 is 11.1 Å². The van der Waals surface area contributed by atoms with Crippen molar-refractivity contribution in [2.45, 2.75) is 31.9 Å². The van der Waals surface area contributed by atoms with Gasteiger partial charge in [-0.1, -0.05) is 7.43 Å². The monoisotopic (exact) mass is 597 g/mol. The lowest BCUT2D eigenvalue weighted by Gasteiger charge is -2.50. The number of phenolic OH excluding ortho intramolecular Hbond substituents is 1. The number of phenols is 1. The molecule has 1 saturated carbocycles. The second-order valence-corrected chi connectivity index (χ2v) is 10.9. The second kappa shape index (κ2) is 11.3. The Morgan fingerprint density at radius 3 is 2.49 bits per heavy atom. The second-order valence-electron chi connectivity index (χ2n) is 10.9. The first-order chi connectivity index (χ1) is 19.8. The summed E-state index contributed by atoms with van der Waals surface area (Å²) >= 11 is 0. The molecule has 3 aliphatic carbocycles. The maximum Gasteiger partial charge on any atom is 0.287 e. The normalized spacial score (nSPS) is 24.7. The van der Waals surface area contributed by atoms with Gasteiger partial charge in [-0.2, -0.15) is 0 Å². The van der Waals surface area contributed by atoms with E-state index in [1.54, 1.807) is 12.1 Å². The zero-order valence-corrected chi connectivity index (χ0v) is 23.1. The first-order valence-electron chi connectivity index (χ1n) is 13.2. The van der Waals surface area contributed by atoms with Gasteiger partial charge in [0.05, 0.1) is 18.2 Å². The summed E-state index contributed by atoms with van der Waals surface area (Å²) in [7, 11) is 4.57. The number of Topliss-reactive ketones (excluding diaryl/α,β-unsaturated/α-hetero) is 2. The Morgan fingerprint density at radius 2 is 1.86 bits per heavy atom. The average Bonchev–Trinajstić information content (AvgIpc) is 3.41. The molecule has 1 fully saturated rings. The number of hydrogen-bond acceptors (Lipinski definition) is 11. The van der Waals surface area contributed by atoms with Gasteiger partial charge in [-0.3, -0.25) is 24.1 Å². The zero-order valence-electron chi connectivity index (χ0n) is 23.1. The van der Waals surface area contributed by atoms with Crippen molar-refractivity contribution in [3.8, 4) is 17.1 Å². The minimum Gasteiger partial charge on any atom is -0.508 e. The molecule has 2 amide bonds. The van der Waals surface area contributed by atoms with E-state index in [2.05, 4.69) is 5.32 Å². The number of aliphatic hydroxyl groups is 3. The summed E-state index contributed by atoms with van der Waals surface area (Å²) < 4.78 is 10.7. The standard InChI is InChI=1S/C29H31N3O10.CH4/c1-32(2)22-15-11-12-10-14-13(17-6-7-18(42-17)28(39)31-8-9-41-3)4-5-16(33)20(14)23(34)19(12)25(36)29(15,40)26(37)21(24(22)35)27(30)38;/h4-7,12,15,22,33-34,37,40H,8-11H2,1-3H3,(H2,30,38)(H,31,39);1H4/t12-,15-,22-,29-;/m0./s1. The number of ketones is 2. The highest BCUT2D eigenvalue weighted by molar-refractivity contribution is 6.24. The Bertz CT molecular complexity index is 1590. The molecule has 13 heteroatoms. The van der Waals surface area contributed by atoms with Crippen molar-refractivity contribution in [2.75, 3.05) is 34.4 Å². The van der Waals surface area contributed by atoms with E-state index >= 15 is 0 Å². The maximum absolute atomic E-state index is 13.9. The van der Waals surface area contributed by atoms with E-state index in [0.29, 0.717) is 17.7 Å². The number of carbonyl (C=O) groups is 4. The van der Waals surface area contributed by atoms with Gasteiger partial charge in [0.1, 0.15) is 28.6 Å². The largest absolute Gasteiger partial charge is 0.508 e. The van der Waals surface area contributed by atoms with Gasteiger partial charge in [0.25, 0.3) is 11.8 Å². The van der Waals surface area contributed by atoms with Crippen molar-refractivity contribution in [1.82, 2.24) is 10.2 Å². The minimum absolute atomic E-state index is 0. The van der Waals surface area contributed by atoms with Crippen LogP contribution in [0, 0.1) is 11.8 Å². The Balaban J connectivity index is 0.00000423. The van der Waals surface area contributed by atoms with Gasteiger partial charge in [-0.25, -0.2) is 0 Å². The van der Waals surface area contributed by atoms with Crippen LogP contribution in [0.3, 0.4) is 0 Å². The molecule has 7 N–H and O–H groups in total. The number of amides is 2. The summed E-state index contributed by atoms with van der Waals surface area (Å²) in [6.45, 7) is 0.583. The summed E-state index contributed by atoms with van der Waals surface area (Å²) in [5, 5.41) is 47.5. The number of fused-ring (bicyclic) bond motifs is 3. The van der Waals surface area contributed by atoms with Crippen LogP contribution in [0.5, 0.6) is 5.75 Å². The maximum atomic E-state index is 13.9. The SMILES string of the molecule is C.COCCNC(=O)c1ccc(-c2ccc(O)c3c2C[C@H]2C[C@H]4[C@H](N(C)C)C(=O)C(C(N)=O)=C(O)[C@@]4(O)C(=O)C2=C3O)o1. The predicted molar refractivity (Wildman–Crippen MR) is 153 cm³/mol. The molecule has 13 nitrogen and oxygen atoms in total. The van der Waals surface area contributed by atoms with Crippen molar-refractivity contribution < 1.29 is 48.8 Å². The predicted octanol–water partition coefficient (Wildman–Crippen LogP) is 1.24. The van der Waals surface area contributed by atoms with Gasteiger partial charge in [0.2, 0.25) is 5.78 Å². The van der Waals surface area contributed by atoms with Crippen LogP contribution in [0.1, 0.15) is 35.5 Å². The van der Waals surface area contributed by atoms with E-state index in [9.17, 15) is 39.6 Å². The topological polar surface area (TPSA) is 213 Å². The van der Waals surface area contributed by atoms with Crippen LogP contribution in [0.25, 0.3) is 17.1 Å². The Hall–Kier alpha value is -4.46. The highest BCUT2D eigenvalue weighted by Crippen LogP contribution is 2.53. The van der Waals surface area contributed by atoms with Crippen molar-refractivity contribution >= 4 is 29.1 Å². The van der Waals surface area contributed by atoms with Crippen LogP contribution in [0.15, 0.2) is 45.6 Å². The quantitative estimate of drug-likeness (QED) is 0.197. The molecule has 0 saturated heterocycles. The number of nitrogens with two attached hydrogens (primary N) is 1. The first kappa shape index (κ1) is 31.5. The van der Waals surface area contributed by atoms with Gasteiger partial charge in [0.15, 0.2) is 17.1 Å². The molecule has 0 bridgehead atoms. The summed E-state index contributed by atoms with van der Waals surface area (Å²) in [5.41, 5.74) is 2.29. The van der Waals surface area contributed by atoms with E-state index in [-0.39, 0.29) is 55.2 Å². The zero-order chi connectivity index (χ0) is 30.7. The lowest BCUT2D eigenvalue weighted by molar-refractivity contribution is -0.153. The molecule has 0 spiro atoms. The third-order valence-corrected chi connectivity index (χ3v) is 8.29. The fourth-order valence-corrected chi connectivity index (χ4v) is 6.43. The molecular formula is C30H35N3O10. The molecule has 230 valence electrons. The number of hydrogen-bond donors (Lipinski definition) is 6. The van der Waals surface area contributed by atoms with E-state index in [4.69, 9.17) is 14.9 Å². The molecule has 1 heterocycles. The summed E-state index contributed by atoms with van der Waals surface area (Å²) in [6, 6.07) is 4.70. The summed E-state index contributed by atoms with van der Waals surface area (Å²) in [5.74, 6) is -7.46. The van der Waals surface area contributed by atoms with Crippen molar-refractivity contribution in [3.05, 3.63) is 58.1 Å². The Labute approximate surface area is 247 Å². The van der Waals surface area contributed by atoms with Gasteiger partial charge < -0.3 is 40.6 Å². The van der Waals surface area contributed by atoms with Crippen LogP contribution in [-0.4, -0.2) is 94.7 Å². The molecule has 3 aliphatic rings. The lowest BCUT2D eigenvalue weighted by atomic mass is 9.57. The van der Waals surface area contributed by atoms with E-state index in [1.165, 1.54) is 38.2 Å². The minimum atomic E-state index is -2.72. The third kappa shape index (κ3) is 4.69. The van der Waals surface area contributed by atoms with E-state index < -0.39 is 64.0 Å². The number of carbonyl (C=O) groups excluding carboxylic acids is 4. The van der Waals surface area contributed by atoms with E-state index in [1.807, 2.05) is 0 Å². The van der Waals surface area contributed by atoms with Crippen molar-refractivity contribution in [2.24, 2.45) is 17.6 Å². The molecule has 4 atom stereocenters. The molecule has 1 aromatic heterocycles. The molecular weight excluding hydrogens is 562 g/mol. The van der Waals surface area contributed by atoms with Crippen molar-refractivity contribution in [3.63, 3.8) is 0 Å². The van der Waals surface area contributed by atoms with Gasteiger partial charge >= 0.3 is 0 Å². The highest BCUT2D eigenvalue weighted by atomic mass is 16.5. The molecule has 2 aromatic rings. The van der Waals surface area contributed by atoms with E-state index in [0.717, 1.165) is 0 Å².